The van der Waals surface area contributed by atoms with E-state index in [2.05, 4.69) is 5.16 Å². The minimum atomic E-state index is -4.42. The largest absolute Gasteiger partial charge is 0.468 e. The first-order chi connectivity index (χ1) is 16.2. The summed E-state index contributed by atoms with van der Waals surface area (Å²) in [4.78, 5) is 22.6. The Hall–Kier alpha value is -2.91. The molecule has 2 aromatic carbocycles. The fourth-order valence-corrected chi connectivity index (χ4v) is 3.55. The van der Waals surface area contributed by atoms with E-state index in [0.717, 1.165) is 41.7 Å². The van der Waals surface area contributed by atoms with Crippen LogP contribution in [0.1, 0.15) is 47.1 Å². The number of nitrogens with zero attached hydrogens (tertiary/aromatic N) is 2. The van der Waals surface area contributed by atoms with Gasteiger partial charge in [-0.15, -0.1) is 0 Å². The molecular formula is C25H29F3N2O4. The summed E-state index contributed by atoms with van der Waals surface area (Å²) in [6.45, 7) is 2.34. The number of aryl methyl sites for hydroxylation is 1. The van der Waals surface area contributed by atoms with Crippen molar-refractivity contribution in [1.82, 2.24) is 5.06 Å². The van der Waals surface area contributed by atoms with Crippen molar-refractivity contribution in [2.24, 2.45) is 11.1 Å². The van der Waals surface area contributed by atoms with E-state index in [1.54, 1.807) is 6.07 Å². The fourth-order valence-electron chi connectivity index (χ4n) is 3.55. The van der Waals surface area contributed by atoms with Crippen molar-refractivity contribution >= 4 is 11.7 Å². The number of hydrogen-bond donors (Lipinski definition) is 0. The Kier molecular flexibility index (Phi) is 8.68. The van der Waals surface area contributed by atoms with Gasteiger partial charge in [0.1, 0.15) is 13.2 Å². The van der Waals surface area contributed by atoms with Crippen LogP contribution in [0, 0.1) is 12.8 Å². The lowest BCUT2D eigenvalue weighted by Crippen LogP contribution is -2.29. The van der Waals surface area contributed by atoms with E-state index in [-0.39, 0.29) is 13.2 Å². The number of halogens is 3. The predicted molar refractivity (Wildman–Crippen MR) is 121 cm³/mol. The Morgan fingerprint density at radius 2 is 1.88 bits per heavy atom. The first kappa shape index (κ1) is 25.7. The second kappa shape index (κ2) is 11.5. The number of esters is 1. The number of rotatable bonds is 11. The zero-order chi connectivity index (χ0) is 24.7. The highest BCUT2D eigenvalue weighted by Gasteiger charge is 2.31. The van der Waals surface area contributed by atoms with Gasteiger partial charge in [-0.3, -0.25) is 4.79 Å². The van der Waals surface area contributed by atoms with Crippen LogP contribution in [0.25, 0.3) is 0 Å². The molecule has 1 fully saturated rings. The van der Waals surface area contributed by atoms with E-state index in [1.807, 2.05) is 25.1 Å². The van der Waals surface area contributed by atoms with Gasteiger partial charge in [-0.05, 0) is 66.5 Å². The number of methoxy groups -OCH3 is 1. The zero-order valence-electron chi connectivity index (χ0n) is 19.5. The Bertz CT molecular complexity index is 1020. The topological polar surface area (TPSA) is 60.4 Å². The maximum Gasteiger partial charge on any atom is 0.416 e. The van der Waals surface area contributed by atoms with Crippen LogP contribution in [0.15, 0.2) is 47.6 Å². The first-order valence-corrected chi connectivity index (χ1v) is 11.0. The van der Waals surface area contributed by atoms with Crippen LogP contribution < -0.4 is 0 Å². The molecule has 0 unspecified atom stereocenters. The molecule has 184 valence electrons. The fraction of sp³-hybridized carbons (Fsp3) is 0.440. The summed E-state index contributed by atoms with van der Waals surface area (Å²) >= 11 is 0. The smallest absolute Gasteiger partial charge is 0.416 e. The number of alkyl halides is 3. The first-order valence-electron chi connectivity index (χ1n) is 11.0. The van der Waals surface area contributed by atoms with Crippen LogP contribution in [0.5, 0.6) is 0 Å². The second-order valence-electron chi connectivity index (χ2n) is 8.31. The van der Waals surface area contributed by atoms with Crippen molar-refractivity contribution in [3.63, 3.8) is 0 Å². The van der Waals surface area contributed by atoms with Gasteiger partial charge in [-0.1, -0.05) is 35.5 Å². The lowest BCUT2D eigenvalue weighted by atomic mass is 10.0. The molecule has 1 saturated carbocycles. The summed E-state index contributed by atoms with van der Waals surface area (Å²) in [6, 6.07) is 10.9. The van der Waals surface area contributed by atoms with Crippen molar-refractivity contribution in [2.45, 2.75) is 45.5 Å². The van der Waals surface area contributed by atoms with Crippen molar-refractivity contribution in [3.05, 3.63) is 70.3 Å². The van der Waals surface area contributed by atoms with Gasteiger partial charge in [0, 0.05) is 0 Å². The quantitative estimate of drug-likeness (QED) is 0.250. The molecule has 6 nitrogen and oxygen atoms in total. The van der Waals surface area contributed by atoms with Crippen molar-refractivity contribution in [2.75, 3.05) is 20.8 Å². The number of benzene rings is 2. The Morgan fingerprint density at radius 3 is 2.53 bits per heavy atom. The number of oxime groups is 1. The van der Waals surface area contributed by atoms with E-state index in [4.69, 9.17) is 14.4 Å². The van der Waals surface area contributed by atoms with E-state index >= 15 is 0 Å². The van der Waals surface area contributed by atoms with Crippen LogP contribution in [0.2, 0.25) is 0 Å². The SMILES string of the molecule is COC(=O)CN(Cc1cccc(C)c1CO/N=C(\CC1CC1)c1cccc(C(F)(F)F)c1)OC. The van der Waals surface area contributed by atoms with Crippen molar-refractivity contribution < 1.29 is 32.4 Å². The molecule has 0 bridgehead atoms. The highest BCUT2D eigenvalue weighted by molar-refractivity contribution is 6.00. The molecule has 0 saturated heterocycles. The van der Waals surface area contributed by atoms with Crippen LogP contribution in [-0.2, 0) is 38.5 Å². The number of hydroxylamine groups is 2. The Labute approximate surface area is 197 Å². The standard InChI is InChI=1S/C25H29F3N2O4/c1-17-6-4-8-20(14-30(33-3)15-24(31)32-2)22(17)16-34-29-23(12-18-10-11-18)19-7-5-9-21(13-19)25(26,27)28/h4-9,13,18H,10-12,14-16H2,1-3H3/b29-23+. The molecule has 0 aliphatic heterocycles. The van der Waals surface area contributed by atoms with Gasteiger partial charge < -0.3 is 14.4 Å². The highest BCUT2D eigenvalue weighted by Crippen LogP contribution is 2.35. The number of hydrogen-bond acceptors (Lipinski definition) is 6. The molecule has 0 radical (unpaired) electrons. The van der Waals surface area contributed by atoms with Gasteiger partial charge in [0.15, 0.2) is 0 Å². The summed E-state index contributed by atoms with van der Waals surface area (Å²) in [7, 11) is 2.78. The molecule has 0 heterocycles. The average molecular weight is 479 g/mol. The van der Waals surface area contributed by atoms with Gasteiger partial charge in [-0.25, -0.2) is 0 Å². The molecule has 0 atom stereocenters. The highest BCUT2D eigenvalue weighted by atomic mass is 19.4. The summed E-state index contributed by atoms with van der Waals surface area (Å²) in [5.74, 6) is -0.0118. The van der Waals surface area contributed by atoms with Crippen molar-refractivity contribution in [3.8, 4) is 0 Å². The third-order valence-corrected chi connectivity index (χ3v) is 5.73. The molecule has 1 aliphatic rings. The van der Waals surface area contributed by atoms with E-state index < -0.39 is 17.7 Å². The minimum Gasteiger partial charge on any atom is -0.468 e. The van der Waals surface area contributed by atoms with E-state index in [0.29, 0.717) is 30.2 Å². The molecular weight excluding hydrogens is 449 g/mol. The summed E-state index contributed by atoms with van der Waals surface area (Å²) < 4.78 is 44.3. The minimum absolute atomic E-state index is 0.0412. The van der Waals surface area contributed by atoms with Crippen molar-refractivity contribution in [1.29, 1.82) is 0 Å². The summed E-state index contributed by atoms with van der Waals surface area (Å²) in [5, 5.41) is 5.73. The predicted octanol–water partition coefficient (Wildman–Crippen LogP) is 5.27. The molecule has 34 heavy (non-hydrogen) atoms. The van der Waals surface area contributed by atoms with E-state index in [1.165, 1.54) is 25.3 Å². The molecule has 1 aliphatic carbocycles. The number of carbonyl (C=O) groups excluding carboxylic acids is 1. The summed E-state index contributed by atoms with van der Waals surface area (Å²) in [5.41, 5.74) is 2.92. The molecule has 0 spiro atoms. The Balaban J connectivity index is 1.78. The van der Waals surface area contributed by atoms with E-state index in [9.17, 15) is 18.0 Å². The Morgan fingerprint density at radius 1 is 1.15 bits per heavy atom. The molecule has 2 aromatic rings. The average Bonchev–Trinajstić information content (AvgIpc) is 3.63. The second-order valence-corrected chi connectivity index (χ2v) is 8.31. The molecule has 0 amide bonds. The van der Waals surface area contributed by atoms with Crippen LogP contribution in [0.3, 0.4) is 0 Å². The molecule has 3 rings (SSSR count). The summed E-state index contributed by atoms with van der Waals surface area (Å²) in [6.07, 6.45) is -1.78. The normalized spacial score (nSPS) is 14.4. The molecule has 0 aromatic heterocycles. The zero-order valence-corrected chi connectivity index (χ0v) is 19.5. The van der Waals surface area contributed by atoms with Gasteiger partial charge in [0.05, 0.1) is 32.0 Å². The lowest BCUT2D eigenvalue weighted by molar-refractivity contribution is -0.169. The molecule has 0 N–H and O–H groups in total. The third-order valence-electron chi connectivity index (χ3n) is 5.73. The number of carbonyl (C=O) groups is 1. The van der Waals surface area contributed by atoms with Gasteiger partial charge in [0.25, 0.3) is 0 Å². The van der Waals surface area contributed by atoms with Crippen LogP contribution >= 0.6 is 0 Å². The third kappa shape index (κ3) is 7.30. The van der Waals surface area contributed by atoms with Gasteiger partial charge >= 0.3 is 12.1 Å². The van der Waals surface area contributed by atoms with Gasteiger partial charge in [-0.2, -0.15) is 18.2 Å². The van der Waals surface area contributed by atoms with Crippen LogP contribution in [0.4, 0.5) is 13.2 Å². The lowest BCUT2D eigenvalue weighted by Gasteiger charge is -2.20. The maximum absolute atomic E-state index is 13.2. The monoisotopic (exact) mass is 478 g/mol. The number of ether oxygens (including phenoxy) is 1. The van der Waals surface area contributed by atoms with Crippen LogP contribution in [-0.4, -0.2) is 37.5 Å². The molecule has 9 heteroatoms. The van der Waals surface area contributed by atoms with Gasteiger partial charge in [0.2, 0.25) is 0 Å². The maximum atomic E-state index is 13.2.